The second-order valence-corrected chi connectivity index (χ2v) is 5.33. The maximum Gasteiger partial charge on any atom is 0.253 e. The zero-order chi connectivity index (χ0) is 12.3. The fourth-order valence-corrected chi connectivity index (χ4v) is 1.29. The molecule has 0 aromatic carbocycles. The molecule has 1 rings (SSSR count). The fourth-order valence-electron chi connectivity index (χ4n) is 1.29. The number of carbonyl (C=O) groups excluding carboxylic acids is 1. The molecule has 1 aromatic rings. The number of aromatic nitrogens is 1. The highest BCUT2D eigenvalue weighted by molar-refractivity contribution is 5.94. The summed E-state index contributed by atoms with van der Waals surface area (Å²) in [6.07, 6.45) is 1.64. The highest BCUT2D eigenvalue weighted by Gasteiger charge is 2.15. The van der Waals surface area contributed by atoms with E-state index in [1.807, 2.05) is 32.9 Å². The van der Waals surface area contributed by atoms with E-state index in [9.17, 15) is 4.79 Å². The van der Waals surface area contributed by atoms with E-state index in [1.165, 1.54) is 0 Å². The average molecular weight is 220 g/mol. The monoisotopic (exact) mass is 220 g/mol. The minimum Gasteiger partial charge on any atom is -0.347 e. The predicted octanol–water partition coefficient (Wildman–Crippen LogP) is 2.73. The van der Waals surface area contributed by atoms with Crippen molar-refractivity contribution in [2.45, 2.75) is 46.1 Å². The first-order valence-corrected chi connectivity index (χ1v) is 5.58. The summed E-state index contributed by atoms with van der Waals surface area (Å²) in [7, 11) is 0. The molecule has 0 atom stereocenters. The molecule has 0 aliphatic carbocycles. The van der Waals surface area contributed by atoms with Gasteiger partial charge in [-0.25, -0.2) is 0 Å². The van der Waals surface area contributed by atoms with Gasteiger partial charge in [0.2, 0.25) is 0 Å². The van der Waals surface area contributed by atoms with Crippen molar-refractivity contribution in [2.75, 3.05) is 0 Å². The third-order valence-corrected chi connectivity index (χ3v) is 2.13. The standard InChI is InChI=1S/C13H20N2O/c1-9(2)11-7-6-10(8-14-11)12(16)15-13(3,4)5/h6-9H,1-5H3,(H,15,16). The predicted molar refractivity (Wildman–Crippen MR) is 65.5 cm³/mol. The van der Waals surface area contributed by atoms with Crippen LogP contribution in [-0.2, 0) is 0 Å². The van der Waals surface area contributed by atoms with Gasteiger partial charge in [-0.15, -0.1) is 0 Å². The Morgan fingerprint density at radius 3 is 2.31 bits per heavy atom. The van der Waals surface area contributed by atoms with Gasteiger partial charge in [0.05, 0.1) is 5.56 Å². The van der Waals surface area contributed by atoms with Gasteiger partial charge in [0.1, 0.15) is 0 Å². The molecule has 0 spiro atoms. The Morgan fingerprint density at radius 2 is 1.94 bits per heavy atom. The lowest BCUT2D eigenvalue weighted by molar-refractivity contribution is 0.0919. The van der Waals surface area contributed by atoms with Crippen molar-refractivity contribution in [3.8, 4) is 0 Å². The third kappa shape index (κ3) is 3.65. The largest absolute Gasteiger partial charge is 0.347 e. The van der Waals surface area contributed by atoms with Crippen LogP contribution in [0.25, 0.3) is 0 Å². The lowest BCUT2D eigenvalue weighted by atomic mass is 10.1. The average Bonchev–Trinajstić information content (AvgIpc) is 2.15. The first kappa shape index (κ1) is 12.7. The Morgan fingerprint density at radius 1 is 1.31 bits per heavy atom. The summed E-state index contributed by atoms with van der Waals surface area (Å²) >= 11 is 0. The van der Waals surface area contributed by atoms with Gasteiger partial charge in [0.15, 0.2) is 0 Å². The van der Waals surface area contributed by atoms with Gasteiger partial charge >= 0.3 is 0 Å². The fraction of sp³-hybridized carbons (Fsp3) is 0.538. The summed E-state index contributed by atoms with van der Waals surface area (Å²) in [5, 5.41) is 2.91. The van der Waals surface area contributed by atoms with Gasteiger partial charge < -0.3 is 5.32 Å². The zero-order valence-electron chi connectivity index (χ0n) is 10.7. The molecule has 1 heterocycles. The molecule has 1 amide bonds. The van der Waals surface area contributed by atoms with Crippen molar-refractivity contribution >= 4 is 5.91 Å². The molecule has 88 valence electrons. The lowest BCUT2D eigenvalue weighted by Gasteiger charge is -2.20. The summed E-state index contributed by atoms with van der Waals surface area (Å²) in [6, 6.07) is 3.73. The highest BCUT2D eigenvalue weighted by atomic mass is 16.1. The van der Waals surface area contributed by atoms with Crippen LogP contribution in [0.1, 0.15) is 56.6 Å². The van der Waals surface area contributed by atoms with Crippen LogP contribution in [0, 0.1) is 0 Å². The van der Waals surface area contributed by atoms with Crippen LogP contribution in [0.2, 0.25) is 0 Å². The van der Waals surface area contributed by atoms with E-state index in [2.05, 4.69) is 24.1 Å². The highest BCUT2D eigenvalue weighted by Crippen LogP contribution is 2.11. The smallest absolute Gasteiger partial charge is 0.253 e. The molecule has 1 aromatic heterocycles. The van der Waals surface area contributed by atoms with Crippen LogP contribution in [0.4, 0.5) is 0 Å². The molecule has 0 aliphatic heterocycles. The second-order valence-electron chi connectivity index (χ2n) is 5.33. The van der Waals surface area contributed by atoms with Crippen molar-refractivity contribution < 1.29 is 4.79 Å². The molecular weight excluding hydrogens is 200 g/mol. The summed E-state index contributed by atoms with van der Waals surface area (Å²) in [6.45, 7) is 10.0. The van der Waals surface area contributed by atoms with E-state index in [0.29, 0.717) is 11.5 Å². The number of pyridine rings is 1. The Hall–Kier alpha value is -1.38. The van der Waals surface area contributed by atoms with Gasteiger partial charge in [0, 0.05) is 17.4 Å². The molecular formula is C13H20N2O. The topological polar surface area (TPSA) is 42.0 Å². The molecule has 3 nitrogen and oxygen atoms in total. The molecule has 0 aliphatic rings. The van der Waals surface area contributed by atoms with Crippen molar-refractivity contribution in [3.05, 3.63) is 29.6 Å². The summed E-state index contributed by atoms with van der Waals surface area (Å²) in [5.74, 6) is 0.315. The second kappa shape index (κ2) is 4.64. The number of carbonyl (C=O) groups is 1. The number of hydrogen-bond donors (Lipinski definition) is 1. The summed E-state index contributed by atoms with van der Waals surface area (Å²) in [5.41, 5.74) is 1.40. The van der Waals surface area contributed by atoms with Crippen molar-refractivity contribution in [1.82, 2.24) is 10.3 Å². The van der Waals surface area contributed by atoms with E-state index >= 15 is 0 Å². The van der Waals surface area contributed by atoms with Crippen LogP contribution < -0.4 is 5.32 Å². The molecule has 0 fully saturated rings. The van der Waals surface area contributed by atoms with Crippen LogP contribution in [0.5, 0.6) is 0 Å². The van der Waals surface area contributed by atoms with Gasteiger partial charge in [-0.05, 0) is 38.8 Å². The molecule has 0 saturated heterocycles. The van der Waals surface area contributed by atoms with E-state index in [-0.39, 0.29) is 11.4 Å². The Labute approximate surface area is 97.3 Å². The summed E-state index contributed by atoms with van der Waals surface area (Å²) in [4.78, 5) is 16.1. The van der Waals surface area contributed by atoms with Gasteiger partial charge in [-0.2, -0.15) is 0 Å². The third-order valence-electron chi connectivity index (χ3n) is 2.13. The van der Waals surface area contributed by atoms with E-state index in [4.69, 9.17) is 0 Å². The molecule has 16 heavy (non-hydrogen) atoms. The maximum atomic E-state index is 11.8. The zero-order valence-corrected chi connectivity index (χ0v) is 10.7. The molecule has 0 bridgehead atoms. The van der Waals surface area contributed by atoms with Gasteiger partial charge in [-0.3, -0.25) is 9.78 Å². The van der Waals surface area contributed by atoms with E-state index in [1.54, 1.807) is 6.20 Å². The number of nitrogens with one attached hydrogen (secondary N) is 1. The minimum absolute atomic E-state index is 0.0738. The van der Waals surface area contributed by atoms with Gasteiger partial charge in [-0.1, -0.05) is 13.8 Å². The molecule has 3 heteroatoms. The lowest BCUT2D eigenvalue weighted by Crippen LogP contribution is -2.40. The number of rotatable bonds is 2. The van der Waals surface area contributed by atoms with Crippen LogP contribution in [0.15, 0.2) is 18.3 Å². The van der Waals surface area contributed by atoms with Crippen molar-refractivity contribution in [2.24, 2.45) is 0 Å². The number of amides is 1. The van der Waals surface area contributed by atoms with E-state index in [0.717, 1.165) is 5.69 Å². The Kier molecular flexibility index (Phi) is 3.68. The van der Waals surface area contributed by atoms with Crippen LogP contribution in [-0.4, -0.2) is 16.4 Å². The number of nitrogens with zero attached hydrogens (tertiary/aromatic N) is 1. The molecule has 0 radical (unpaired) electrons. The van der Waals surface area contributed by atoms with Crippen LogP contribution in [0.3, 0.4) is 0 Å². The first-order chi connectivity index (χ1) is 7.29. The minimum atomic E-state index is -0.214. The maximum absolute atomic E-state index is 11.8. The van der Waals surface area contributed by atoms with Gasteiger partial charge in [0.25, 0.3) is 5.91 Å². The quantitative estimate of drug-likeness (QED) is 0.832. The van der Waals surface area contributed by atoms with Crippen LogP contribution >= 0.6 is 0 Å². The number of hydrogen-bond acceptors (Lipinski definition) is 2. The molecule has 0 unspecified atom stereocenters. The summed E-state index contributed by atoms with van der Waals surface area (Å²) < 4.78 is 0. The van der Waals surface area contributed by atoms with E-state index < -0.39 is 0 Å². The van der Waals surface area contributed by atoms with Crippen molar-refractivity contribution in [3.63, 3.8) is 0 Å². The van der Waals surface area contributed by atoms with Crippen molar-refractivity contribution in [1.29, 1.82) is 0 Å². The normalized spacial score (nSPS) is 11.6. The molecule has 1 N–H and O–H groups in total. The molecule has 0 saturated carbocycles. The Balaban J connectivity index is 2.78. The Bertz CT molecular complexity index is 361. The first-order valence-electron chi connectivity index (χ1n) is 5.58. The SMILES string of the molecule is CC(C)c1ccc(C(=O)NC(C)(C)C)cn1.